The number of carbonyl (C=O) groups is 2. The van der Waals surface area contributed by atoms with Gasteiger partial charge in [0.15, 0.2) is 0 Å². The molecule has 32 heavy (non-hydrogen) atoms. The first-order valence-corrected chi connectivity index (χ1v) is 13.0. The molecule has 1 aliphatic rings. The van der Waals surface area contributed by atoms with Crippen LogP contribution >= 0.6 is 34.5 Å². The minimum atomic E-state index is -3.94. The summed E-state index contributed by atoms with van der Waals surface area (Å²) in [5, 5.41) is 4.62. The maximum absolute atomic E-state index is 13.1. The van der Waals surface area contributed by atoms with Crippen molar-refractivity contribution in [3.05, 3.63) is 50.1 Å². The zero-order chi connectivity index (χ0) is 23.3. The molecule has 0 atom stereocenters. The van der Waals surface area contributed by atoms with E-state index in [1.807, 2.05) is 17.5 Å². The van der Waals surface area contributed by atoms with E-state index in [1.165, 1.54) is 32.7 Å². The van der Waals surface area contributed by atoms with Crippen LogP contribution in [-0.2, 0) is 26.1 Å². The molecule has 2 heterocycles. The van der Waals surface area contributed by atoms with Gasteiger partial charge in [0.05, 0.1) is 41.9 Å². The van der Waals surface area contributed by atoms with E-state index < -0.39 is 15.9 Å². The topological polar surface area (TPSA) is 96.0 Å². The molecule has 2 amide bonds. The third-order valence-electron chi connectivity index (χ3n) is 4.88. The number of rotatable bonds is 8. The van der Waals surface area contributed by atoms with Gasteiger partial charge in [-0.3, -0.25) is 9.59 Å². The lowest BCUT2D eigenvalue weighted by atomic mass is 10.2. The van der Waals surface area contributed by atoms with E-state index in [0.717, 1.165) is 4.88 Å². The summed E-state index contributed by atoms with van der Waals surface area (Å²) in [6, 6.07) is 6.22. The van der Waals surface area contributed by atoms with Gasteiger partial charge in [-0.1, -0.05) is 29.3 Å². The lowest BCUT2D eigenvalue weighted by Crippen LogP contribution is -2.41. The maximum Gasteiger partial charge on any atom is 0.255 e. The molecule has 1 N–H and O–H groups in total. The zero-order valence-electron chi connectivity index (χ0n) is 17.3. The molecule has 0 radical (unpaired) electrons. The minimum Gasteiger partial charge on any atom is -0.379 e. The maximum atomic E-state index is 13.1. The van der Waals surface area contributed by atoms with E-state index >= 15 is 0 Å². The van der Waals surface area contributed by atoms with Crippen LogP contribution in [0.3, 0.4) is 0 Å². The number of amides is 2. The Hall–Kier alpha value is -1.69. The summed E-state index contributed by atoms with van der Waals surface area (Å²) in [6.07, 6.45) is 0. The van der Waals surface area contributed by atoms with Gasteiger partial charge in [-0.15, -0.1) is 11.3 Å². The minimum absolute atomic E-state index is 0.0124. The lowest BCUT2D eigenvalue weighted by molar-refractivity contribution is -0.121. The van der Waals surface area contributed by atoms with Crippen LogP contribution in [0.2, 0.25) is 10.0 Å². The van der Waals surface area contributed by atoms with Crippen molar-refractivity contribution in [2.45, 2.75) is 18.4 Å². The molecule has 2 aromatic rings. The molecular formula is C20H23Cl2N3O5S2. The molecule has 0 spiro atoms. The fraction of sp³-hybridized carbons (Fsp3) is 0.400. The average Bonchev–Trinajstić information content (AvgIpc) is 3.30. The lowest BCUT2D eigenvalue weighted by Gasteiger charge is -2.27. The van der Waals surface area contributed by atoms with E-state index in [2.05, 4.69) is 5.32 Å². The van der Waals surface area contributed by atoms with Gasteiger partial charge in [0, 0.05) is 24.5 Å². The van der Waals surface area contributed by atoms with Gasteiger partial charge in [-0.25, -0.2) is 8.42 Å². The Morgan fingerprint density at radius 3 is 2.56 bits per heavy atom. The van der Waals surface area contributed by atoms with Crippen molar-refractivity contribution in [2.24, 2.45) is 0 Å². The van der Waals surface area contributed by atoms with Crippen LogP contribution in [0, 0.1) is 0 Å². The second-order valence-corrected chi connectivity index (χ2v) is 10.7. The standard InChI is InChI=1S/C20H23Cl2N3O5S2/c1-2-24(13-19(26)23-12-14-4-3-9-31-14)20(27)15-10-18(17(22)11-16(15)21)32(28,29)25-5-7-30-8-6-25/h3-4,9-11H,2,5-8,12-13H2,1H3,(H,23,26). The molecule has 0 saturated carbocycles. The Morgan fingerprint density at radius 2 is 1.94 bits per heavy atom. The van der Waals surface area contributed by atoms with Gasteiger partial charge < -0.3 is 15.0 Å². The van der Waals surface area contributed by atoms with Crippen molar-refractivity contribution in [3.8, 4) is 0 Å². The van der Waals surface area contributed by atoms with E-state index in [9.17, 15) is 18.0 Å². The molecule has 3 rings (SSSR count). The van der Waals surface area contributed by atoms with E-state index in [4.69, 9.17) is 27.9 Å². The number of morpholine rings is 1. The van der Waals surface area contributed by atoms with Gasteiger partial charge in [0.2, 0.25) is 15.9 Å². The number of nitrogens with one attached hydrogen (secondary N) is 1. The number of sulfonamides is 1. The summed E-state index contributed by atoms with van der Waals surface area (Å²) in [6.45, 7) is 3.07. The van der Waals surface area contributed by atoms with Crippen LogP contribution in [0.15, 0.2) is 34.5 Å². The normalized spacial score (nSPS) is 14.8. The second-order valence-electron chi connectivity index (χ2n) is 6.95. The van der Waals surface area contributed by atoms with Gasteiger partial charge in [-0.05, 0) is 30.5 Å². The van der Waals surface area contributed by atoms with Crippen LogP contribution in [0.1, 0.15) is 22.2 Å². The van der Waals surface area contributed by atoms with E-state index in [-0.39, 0.29) is 65.8 Å². The molecule has 174 valence electrons. The molecule has 0 bridgehead atoms. The Labute approximate surface area is 201 Å². The summed E-state index contributed by atoms with van der Waals surface area (Å²) < 4.78 is 32.6. The fourth-order valence-corrected chi connectivity index (χ4v) is 6.02. The fourth-order valence-electron chi connectivity index (χ4n) is 3.14. The van der Waals surface area contributed by atoms with E-state index in [1.54, 1.807) is 6.92 Å². The van der Waals surface area contributed by atoms with Gasteiger partial charge in [0.1, 0.15) is 4.90 Å². The molecule has 1 aliphatic heterocycles. The van der Waals surface area contributed by atoms with E-state index in [0.29, 0.717) is 6.54 Å². The van der Waals surface area contributed by atoms with Crippen molar-refractivity contribution >= 4 is 56.4 Å². The SMILES string of the molecule is CCN(CC(=O)NCc1cccs1)C(=O)c1cc(S(=O)(=O)N2CCOCC2)c(Cl)cc1Cl. The summed E-state index contributed by atoms with van der Waals surface area (Å²) in [7, 11) is -3.94. The molecule has 1 aromatic heterocycles. The van der Waals surface area contributed by atoms with Crippen LogP contribution in [0.4, 0.5) is 0 Å². The highest BCUT2D eigenvalue weighted by Crippen LogP contribution is 2.31. The summed E-state index contributed by atoms with van der Waals surface area (Å²) in [4.78, 5) is 27.6. The summed E-state index contributed by atoms with van der Waals surface area (Å²) >= 11 is 13.9. The molecule has 12 heteroatoms. The first kappa shape index (κ1) is 24.9. The predicted molar refractivity (Wildman–Crippen MR) is 124 cm³/mol. The molecule has 0 unspecified atom stereocenters. The number of carbonyl (C=O) groups excluding carboxylic acids is 2. The number of halogens is 2. The average molecular weight is 520 g/mol. The molecular weight excluding hydrogens is 497 g/mol. The highest BCUT2D eigenvalue weighted by atomic mass is 35.5. The number of likely N-dealkylation sites (N-methyl/N-ethyl adjacent to an activating group) is 1. The monoisotopic (exact) mass is 519 g/mol. The van der Waals surface area contributed by atoms with Crippen molar-refractivity contribution in [1.82, 2.24) is 14.5 Å². The van der Waals surface area contributed by atoms with Crippen molar-refractivity contribution in [2.75, 3.05) is 39.4 Å². The van der Waals surface area contributed by atoms with Crippen molar-refractivity contribution in [3.63, 3.8) is 0 Å². The number of thiophene rings is 1. The third kappa shape index (κ3) is 5.81. The number of nitrogens with zero attached hydrogens (tertiary/aromatic N) is 2. The van der Waals surface area contributed by atoms with Crippen molar-refractivity contribution < 1.29 is 22.7 Å². The van der Waals surface area contributed by atoms with Gasteiger partial charge in [0.25, 0.3) is 5.91 Å². The Balaban J connectivity index is 1.79. The number of ether oxygens (including phenoxy) is 1. The Morgan fingerprint density at radius 1 is 1.22 bits per heavy atom. The molecule has 8 nitrogen and oxygen atoms in total. The van der Waals surface area contributed by atoms with Crippen molar-refractivity contribution in [1.29, 1.82) is 0 Å². The summed E-state index contributed by atoms with van der Waals surface area (Å²) in [5.74, 6) is -0.890. The highest BCUT2D eigenvalue weighted by Gasteiger charge is 2.31. The predicted octanol–water partition coefficient (Wildman–Crippen LogP) is 2.85. The van der Waals surface area contributed by atoms with Gasteiger partial charge >= 0.3 is 0 Å². The zero-order valence-corrected chi connectivity index (χ0v) is 20.5. The Bertz CT molecular complexity index is 1070. The smallest absolute Gasteiger partial charge is 0.255 e. The number of hydrogen-bond donors (Lipinski definition) is 1. The number of benzene rings is 1. The summed E-state index contributed by atoms with van der Waals surface area (Å²) in [5.41, 5.74) is -0.0317. The first-order chi connectivity index (χ1) is 15.2. The molecule has 1 aromatic carbocycles. The first-order valence-electron chi connectivity index (χ1n) is 9.89. The third-order valence-corrected chi connectivity index (χ3v) is 8.44. The molecule has 1 fully saturated rings. The Kier molecular flexibility index (Phi) is 8.54. The van der Waals surface area contributed by atoms with Gasteiger partial charge in [-0.2, -0.15) is 4.31 Å². The largest absolute Gasteiger partial charge is 0.379 e. The quantitative estimate of drug-likeness (QED) is 0.578. The molecule has 1 saturated heterocycles. The van der Waals surface area contributed by atoms with Crippen LogP contribution in [0.5, 0.6) is 0 Å². The highest BCUT2D eigenvalue weighted by molar-refractivity contribution is 7.89. The van der Waals surface area contributed by atoms with Crippen LogP contribution < -0.4 is 5.32 Å². The van der Waals surface area contributed by atoms with Crippen LogP contribution in [-0.4, -0.2) is 68.8 Å². The number of hydrogen-bond acceptors (Lipinski definition) is 6. The van der Waals surface area contributed by atoms with Crippen LogP contribution in [0.25, 0.3) is 0 Å². The molecule has 0 aliphatic carbocycles. The second kappa shape index (κ2) is 11.0.